The molecule has 5 aromatic heterocycles. The van der Waals surface area contributed by atoms with Gasteiger partial charge in [0.2, 0.25) is 0 Å². The molecule has 0 amide bonds. The molecule has 0 atom stereocenters. The number of H-pyrrole nitrogens is 2. The van der Waals surface area contributed by atoms with Crippen molar-refractivity contribution in [2.45, 2.75) is 26.3 Å². The summed E-state index contributed by atoms with van der Waals surface area (Å²) in [5, 5.41) is 7.81. The Morgan fingerprint density at radius 2 is 1.95 bits per heavy atom. The monoisotopic (exact) mass is 509 g/mol. The largest absolute Gasteiger partial charge is 0.335 e. The van der Waals surface area contributed by atoms with Crippen LogP contribution >= 0.6 is 11.3 Å². The van der Waals surface area contributed by atoms with E-state index in [0.717, 1.165) is 46.7 Å². The number of hydrogen-bond donors (Lipinski definition) is 2. The lowest BCUT2D eigenvalue weighted by atomic mass is 10.0. The molecule has 0 saturated carbocycles. The molecule has 1 fully saturated rings. The van der Waals surface area contributed by atoms with Gasteiger partial charge >= 0.3 is 0 Å². The number of thiophene rings is 1. The molecule has 1 saturated heterocycles. The number of aromatic amines is 2. The first-order valence-corrected chi connectivity index (χ1v) is 13.2. The molecule has 6 aromatic rings. The lowest BCUT2D eigenvalue weighted by Crippen LogP contribution is -2.18. The third-order valence-corrected chi connectivity index (χ3v) is 8.03. The van der Waals surface area contributed by atoms with E-state index in [-0.39, 0.29) is 5.82 Å². The number of halogens is 1. The lowest BCUT2D eigenvalue weighted by Gasteiger charge is -2.15. The maximum atomic E-state index is 16.1. The molecular formula is C28H24FN7S. The number of rotatable bonds is 5. The van der Waals surface area contributed by atoms with Gasteiger partial charge in [0.15, 0.2) is 11.5 Å². The van der Waals surface area contributed by atoms with Crippen molar-refractivity contribution in [2.75, 3.05) is 13.1 Å². The summed E-state index contributed by atoms with van der Waals surface area (Å²) in [5.41, 5.74) is 5.78. The average molecular weight is 510 g/mol. The normalized spacial score (nSPS) is 14.3. The third-order valence-electron chi connectivity index (χ3n) is 7.00. The minimum Gasteiger partial charge on any atom is -0.335 e. The van der Waals surface area contributed by atoms with E-state index in [4.69, 9.17) is 0 Å². The highest BCUT2D eigenvalue weighted by atomic mass is 32.1. The predicted molar refractivity (Wildman–Crippen MR) is 145 cm³/mol. The van der Waals surface area contributed by atoms with Gasteiger partial charge in [-0.2, -0.15) is 5.10 Å². The molecule has 6 heterocycles. The van der Waals surface area contributed by atoms with Crippen LogP contribution in [0.2, 0.25) is 0 Å². The van der Waals surface area contributed by atoms with Crippen LogP contribution < -0.4 is 0 Å². The number of aromatic nitrogens is 6. The van der Waals surface area contributed by atoms with E-state index in [2.05, 4.69) is 54.1 Å². The molecule has 1 aliphatic rings. The predicted octanol–water partition coefficient (Wildman–Crippen LogP) is 6.34. The van der Waals surface area contributed by atoms with Crippen LogP contribution in [0.25, 0.3) is 55.2 Å². The Kier molecular flexibility index (Phi) is 5.33. The first-order valence-electron chi connectivity index (χ1n) is 12.4. The Labute approximate surface area is 216 Å². The Morgan fingerprint density at radius 1 is 1.05 bits per heavy atom. The second kappa shape index (κ2) is 8.86. The molecule has 1 aromatic carbocycles. The quantitative estimate of drug-likeness (QED) is 0.283. The fourth-order valence-corrected chi connectivity index (χ4v) is 6.09. The molecule has 0 aliphatic carbocycles. The van der Waals surface area contributed by atoms with E-state index < -0.39 is 0 Å². The summed E-state index contributed by atoms with van der Waals surface area (Å²) in [6, 6.07) is 11.8. The first-order chi connectivity index (χ1) is 18.1. The van der Waals surface area contributed by atoms with Crippen LogP contribution in [0.15, 0.2) is 55.0 Å². The number of likely N-dealkylation sites (tertiary alicyclic amines) is 1. The molecule has 2 N–H and O–H groups in total. The smallest absolute Gasteiger partial charge is 0.178 e. The maximum Gasteiger partial charge on any atom is 0.178 e. The van der Waals surface area contributed by atoms with Gasteiger partial charge in [-0.15, -0.1) is 11.3 Å². The lowest BCUT2D eigenvalue weighted by molar-refractivity contribution is 0.331. The summed E-state index contributed by atoms with van der Waals surface area (Å²) in [6.07, 6.45) is 7.80. The van der Waals surface area contributed by atoms with Crippen molar-refractivity contribution in [1.82, 2.24) is 35.0 Å². The highest BCUT2D eigenvalue weighted by molar-refractivity contribution is 7.15. The van der Waals surface area contributed by atoms with Crippen molar-refractivity contribution in [3.05, 3.63) is 71.2 Å². The highest BCUT2D eigenvalue weighted by Crippen LogP contribution is 2.36. The Bertz CT molecular complexity index is 1760. The molecule has 0 spiro atoms. The number of nitrogens with zero attached hydrogens (tertiary/aromatic N) is 5. The average Bonchev–Trinajstić information content (AvgIpc) is 3.70. The van der Waals surface area contributed by atoms with Crippen LogP contribution in [-0.2, 0) is 6.54 Å². The minimum atomic E-state index is -0.344. The van der Waals surface area contributed by atoms with Crippen molar-refractivity contribution in [3.63, 3.8) is 0 Å². The van der Waals surface area contributed by atoms with Gasteiger partial charge in [-0.1, -0.05) is 0 Å². The molecular weight excluding hydrogens is 485 g/mol. The molecule has 0 radical (unpaired) electrons. The van der Waals surface area contributed by atoms with Crippen molar-refractivity contribution >= 4 is 33.4 Å². The Morgan fingerprint density at radius 3 is 2.78 bits per heavy atom. The highest BCUT2D eigenvalue weighted by Gasteiger charge is 2.21. The van der Waals surface area contributed by atoms with Gasteiger partial charge in [0.05, 0.1) is 16.4 Å². The van der Waals surface area contributed by atoms with E-state index >= 15 is 4.39 Å². The number of pyridine rings is 2. The number of fused-ring (bicyclic) bond motifs is 2. The first kappa shape index (κ1) is 22.3. The third kappa shape index (κ3) is 3.91. The topological polar surface area (TPSA) is 86.4 Å². The van der Waals surface area contributed by atoms with Gasteiger partial charge in [0, 0.05) is 51.6 Å². The molecule has 184 valence electrons. The standard InChI is InChI=1S/C28H24FN7S/c1-16-4-7-22(37-16)20-8-9-31-27-25(20)32-28(33-27)26-23-21(34-35-26)6-5-19(24(23)29)18-12-17(13-30-14-18)15-36-10-2-3-11-36/h4-9,12-14H,2-3,10-11,15H2,1H3,(H,34,35)(H,31,32,33). The van der Waals surface area contributed by atoms with Gasteiger partial charge < -0.3 is 4.98 Å². The second-order valence-corrected chi connectivity index (χ2v) is 10.8. The maximum absolute atomic E-state index is 16.1. The molecule has 9 heteroatoms. The van der Waals surface area contributed by atoms with E-state index in [1.807, 2.05) is 24.4 Å². The Hall–Kier alpha value is -3.95. The zero-order valence-corrected chi connectivity index (χ0v) is 21.1. The minimum absolute atomic E-state index is 0.344. The van der Waals surface area contributed by atoms with Crippen LogP contribution in [0.5, 0.6) is 0 Å². The van der Waals surface area contributed by atoms with Crippen LogP contribution in [0, 0.1) is 12.7 Å². The van der Waals surface area contributed by atoms with Crippen LogP contribution in [-0.4, -0.2) is 48.1 Å². The van der Waals surface area contributed by atoms with Gasteiger partial charge in [-0.3, -0.25) is 15.0 Å². The summed E-state index contributed by atoms with van der Waals surface area (Å²) in [7, 11) is 0. The molecule has 7 rings (SSSR count). The SMILES string of the molecule is Cc1ccc(-c2ccnc3nc(-c4n[nH]c5ccc(-c6cncc(CN7CCCC7)c6)c(F)c45)[nH]c23)s1. The number of benzene rings is 1. The summed E-state index contributed by atoms with van der Waals surface area (Å²) in [5.74, 6) is 0.135. The Balaban J connectivity index is 1.31. The molecule has 1 aliphatic heterocycles. The summed E-state index contributed by atoms with van der Waals surface area (Å²) in [6.45, 7) is 5.12. The van der Waals surface area contributed by atoms with E-state index in [0.29, 0.717) is 33.6 Å². The zero-order chi connectivity index (χ0) is 24.9. The van der Waals surface area contributed by atoms with Crippen molar-refractivity contribution in [1.29, 1.82) is 0 Å². The van der Waals surface area contributed by atoms with Gasteiger partial charge in [0.25, 0.3) is 0 Å². The summed E-state index contributed by atoms with van der Waals surface area (Å²) >= 11 is 1.71. The van der Waals surface area contributed by atoms with E-state index in [1.54, 1.807) is 29.8 Å². The van der Waals surface area contributed by atoms with Crippen LogP contribution in [0.4, 0.5) is 4.39 Å². The summed E-state index contributed by atoms with van der Waals surface area (Å²) < 4.78 is 16.1. The van der Waals surface area contributed by atoms with Crippen molar-refractivity contribution < 1.29 is 4.39 Å². The van der Waals surface area contributed by atoms with Crippen molar-refractivity contribution in [2.24, 2.45) is 0 Å². The van der Waals surface area contributed by atoms with E-state index in [1.165, 1.54) is 17.7 Å². The van der Waals surface area contributed by atoms with Crippen molar-refractivity contribution in [3.8, 4) is 33.1 Å². The second-order valence-electron chi connectivity index (χ2n) is 9.54. The number of hydrogen-bond acceptors (Lipinski definition) is 6. The van der Waals surface area contributed by atoms with Gasteiger partial charge in [-0.05, 0) is 74.8 Å². The number of imidazole rings is 1. The number of aryl methyl sites for hydroxylation is 1. The molecule has 7 nitrogen and oxygen atoms in total. The summed E-state index contributed by atoms with van der Waals surface area (Å²) in [4.78, 5) is 21.7. The molecule has 0 bridgehead atoms. The van der Waals surface area contributed by atoms with Crippen LogP contribution in [0.3, 0.4) is 0 Å². The van der Waals surface area contributed by atoms with Gasteiger partial charge in [-0.25, -0.2) is 14.4 Å². The van der Waals surface area contributed by atoms with E-state index in [9.17, 15) is 0 Å². The number of nitrogens with one attached hydrogen (secondary N) is 2. The molecule has 0 unspecified atom stereocenters. The zero-order valence-electron chi connectivity index (χ0n) is 20.3. The fraction of sp³-hybridized carbons (Fsp3) is 0.214. The fourth-order valence-electron chi connectivity index (χ4n) is 5.20. The van der Waals surface area contributed by atoms with Gasteiger partial charge in [0.1, 0.15) is 11.5 Å². The molecule has 37 heavy (non-hydrogen) atoms. The van der Waals surface area contributed by atoms with Crippen LogP contribution in [0.1, 0.15) is 23.3 Å².